The Morgan fingerprint density at radius 1 is 1.54 bits per heavy atom. The highest BCUT2D eigenvalue weighted by molar-refractivity contribution is 5.40. The predicted molar refractivity (Wildman–Crippen MR) is 51.4 cm³/mol. The maximum absolute atomic E-state index is 9.01. The van der Waals surface area contributed by atoms with E-state index in [0.717, 1.165) is 11.1 Å². The quantitative estimate of drug-likeness (QED) is 0.707. The molecule has 0 saturated heterocycles. The van der Waals surface area contributed by atoms with Crippen molar-refractivity contribution in [3.05, 3.63) is 29.3 Å². The lowest BCUT2D eigenvalue weighted by molar-refractivity contribution is 0.270. The fourth-order valence-corrected chi connectivity index (χ4v) is 1.16. The lowest BCUT2D eigenvalue weighted by atomic mass is 10.1. The standard InChI is InChI=1S/C11H12O2/c1-3-7-13-11-9(2)5-4-6-10(11)8-12/h1,4-6,12H,7-8H2,2H3. The van der Waals surface area contributed by atoms with Gasteiger partial charge in [-0.3, -0.25) is 0 Å². The van der Waals surface area contributed by atoms with Crippen molar-refractivity contribution in [2.45, 2.75) is 13.5 Å². The number of rotatable bonds is 3. The number of terminal acetylenes is 1. The summed E-state index contributed by atoms with van der Waals surface area (Å²) in [6.45, 7) is 2.13. The first-order valence-electron chi connectivity index (χ1n) is 4.05. The van der Waals surface area contributed by atoms with E-state index in [1.165, 1.54) is 0 Å². The van der Waals surface area contributed by atoms with Crippen LogP contribution in [0.25, 0.3) is 0 Å². The summed E-state index contributed by atoms with van der Waals surface area (Å²) in [5.41, 5.74) is 1.76. The van der Waals surface area contributed by atoms with Crippen LogP contribution in [-0.4, -0.2) is 11.7 Å². The summed E-state index contributed by atoms with van der Waals surface area (Å²) in [4.78, 5) is 0. The van der Waals surface area contributed by atoms with Gasteiger partial charge >= 0.3 is 0 Å². The molecule has 0 aliphatic heterocycles. The van der Waals surface area contributed by atoms with Crippen LogP contribution in [0.2, 0.25) is 0 Å². The van der Waals surface area contributed by atoms with Crippen LogP contribution in [0.1, 0.15) is 11.1 Å². The van der Waals surface area contributed by atoms with Crippen LogP contribution < -0.4 is 4.74 Å². The number of benzene rings is 1. The van der Waals surface area contributed by atoms with E-state index < -0.39 is 0 Å². The minimum Gasteiger partial charge on any atom is -0.480 e. The Hall–Kier alpha value is -1.46. The Balaban J connectivity index is 2.95. The molecule has 0 heterocycles. The molecule has 1 rings (SSSR count). The normalized spacial score (nSPS) is 9.31. The molecule has 0 aliphatic carbocycles. The van der Waals surface area contributed by atoms with Crippen molar-refractivity contribution in [3.63, 3.8) is 0 Å². The third kappa shape index (κ3) is 2.24. The van der Waals surface area contributed by atoms with Crippen molar-refractivity contribution in [1.29, 1.82) is 0 Å². The second kappa shape index (κ2) is 4.54. The van der Waals surface area contributed by atoms with Crippen LogP contribution in [0.15, 0.2) is 18.2 Å². The molecule has 2 heteroatoms. The molecule has 1 aromatic carbocycles. The van der Waals surface area contributed by atoms with Crippen molar-refractivity contribution >= 4 is 0 Å². The van der Waals surface area contributed by atoms with Crippen molar-refractivity contribution in [2.75, 3.05) is 6.61 Å². The maximum atomic E-state index is 9.01. The minimum absolute atomic E-state index is 0.0262. The van der Waals surface area contributed by atoms with Gasteiger partial charge in [0, 0.05) is 5.56 Å². The molecule has 0 atom stereocenters. The van der Waals surface area contributed by atoms with Gasteiger partial charge in [-0.2, -0.15) is 0 Å². The number of hydrogen-bond donors (Lipinski definition) is 1. The number of ether oxygens (including phenoxy) is 1. The zero-order chi connectivity index (χ0) is 9.68. The van der Waals surface area contributed by atoms with E-state index in [1.807, 2.05) is 25.1 Å². The van der Waals surface area contributed by atoms with E-state index >= 15 is 0 Å². The molecule has 1 N–H and O–H groups in total. The van der Waals surface area contributed by atoms with Crippen LogP contribution in [-0.2, 0) is 6.61 Å². The van der Waals surface area contributed by atoms with E-state index in [0.29, 0.717) is 5.75 Å². The maximum Gasteiger partial charge on any atom is 0.148 e. The highest BCUT2D eigenvalue weighted by Crippen LogP contribution is 2.22. The largest absolute Gasteiger partial charge is 0.480 e. The molecule has 1 aromatic rings. The first-order valence-corrected chi connectivity index (χ1v) is 4.05. The SMILES string of the molecule is C#CCOc1c(C)cccc1CO. The number of aryl methyl sites for hydroxylation is 1. The van der Waals surface area contributed by atoms with E-state index in [2.05, 4.69) is 5.92 Å². The van der Waals surface area contributed by atoms with Gasteiger partial charge in [-0.25, -0.2) is 0 Å². The number of para-hydroxylation sites is 1. The van der Waals surface area contributed by atoms with E-state index in [-0.39, 0.29) is 13.2 Å². The van der Waals surface area contributed by atoms with Gasteiger partial charge in [0.1, 0.15) is 12.4 Å². The molecule has 2 nitrogen and oxygen atoms in total. The van der Waals surface area contributed by atoms with Gasteiger partial charge in [0.05, 0.1) is 6.61 Å². The Morgan fingerprint density at radius 3 is 2.92 bits per heavy atom. The Morgan fingerprint density at radius 2 is 2.31 bits per heavy atom. The zero-order valence-corrected chi connectivity index (χ0v) is 7.58. The first-order chi connectivity index (χ1) is 6.29. The average molecular weight is 176 g/mol. The predicted octanol–water partition coefficient (Wildman–Crippen LogP) is 1.50. The van der Waals surface area contributed by atoms with Gasteiger partial charge in [0.25, 0.3) is 0 Å². The van der Waals surface area contributed by atoms with Gasteiger partial charge in [0.15, 0.2) is 0 Å². The number of hydrogen-bond acceptors (Lipinski definition) is 2. The summed E-state index contributed by atoms with van der Waals surface area (Å²) in [5, 5.41) is 9.01. The summed E-state index contributed by atoms with van der Waals surface area (Å²) in [5.74, 6) is 3.09. The van der Waals surface area contributed by atoms with Gasteiger partial charge in [0.2, 0.25) is 0 Å². The first kappa shape index (κ1) is 9.63. The molecule has 0 saturated carbocycles. The zero-order valence-electron chi connectivity index (χ0n) is 7.58. The van der Waals surface area contributed by atoms with Crippen molar-refractivity contribution in [1.82, 2.24) is 0 Å². The molecule has 0 aromatic heterocycles. The molecule has 0 aliphatic rings. The molecule has 0 bridgehead atoms. The molecule has 0 spiro atoms. The minimum atomic E-state index is -0.0262. The Kier molecular flexibility index (Phi) is 3.36. The number of aliphatic hydroxyl groups is 1. The summed E-state index contributed by atoms with van der Waals surface area (Å²) < 4.78 is 5.31. The van der Waals surface area contributed by atoms with Gasteiger partial charge in [-0.05, 0) is 12.5 Å². The van der Waals surface area contributed by atoms with Crippen molar-refractivity contribution in [2.24, 2.45) is 0 Å². The van der Waals surface area contributed by atoms with Crippen LogP contribution in [0, 0.1) is 19.3 Å². The van der Waals surface area contributed by atoms with Gasteiger partial charge < -0.3 is 9.84 Å². The summed E-state index contributed by atoms with van der Waals surface area (Å²) in [6.07, 6.45) is 5.08. The summed E-state index contributed by atoms with van der Waals surface area (Å²) in [6, 6.07) is 5.62. The molecule has 0 unspecified atom stereocenters. The molecule has 68 valence electrons. The highest BCUT2D eigenvalue weighted by Gasteiger charge is 2.04. The highest BCUT2D eigenvalue weighted by atomic mass is 16.5. The fraction of sp³-hybridized carbons (Fsp3) is 0.273. The number of aliphatic hydroxyl groups excluding tert-OH is 1. The molecule has 0 radical (unpaired) electrons. The van der Waals surface area contributed by atoms with E-state index in [9.17, 15) is 0 Å². The lowest BCUT2D eigenvalue weighted by Gasteiger charge is -2.10. The van der Waals surface area contributed by atoms with E-state index in [1.54, 1.807) is 0 Å². The molecule has 0 fully saturated rings. The van der Waals surface area contributed by atoms with Crippen LogP contribution >= 0.6 is 0 Å². The monoisotopic (exact) mass is 176 g/mol. The van der Waals surface area contributed by atoms with Gasteiger partial charge in [-0.15, -0.1) is 6.42 Å². The van der Waals surface area contributed by atoms with Crippen LogP contribution in [0.4, 0.5) is 0 Å². The molecular formula is C11H12O2. The van der Waals surface area contributed by atoms with Crippen molar-refractivity contribution in [3.8, 4) is 18.1 Å². The summed E-state index contributed by atoms with van der Waals surface area (Å²) >= 11 is 0. The average Bonchev–Trinajstić information content (AvgIpc) is 2.15. The third-order valence-electron chi connectivity index (χ3n) is 1.76. The topological polar surface area (TPSA) is 29.5 Å². The smallest absolute Gasteiger partial charge is 0.148 e. The third-order valence-corrected chi connectivity index (χ3v) is 1.76. The Bertz CT molecular complexity index is 323. The second-order valence-corrected chi connectivity index (χ2v) is 2.71. The molecule has 13 heavy (non-hydrogen) atoms. The Labute approximate surface area is 78.2 Å². The second-order valence-electron chi connectivity index (χ2n) is 2.71. The summed E-state index contributed by atoms with van der Waals surface area (Å²) in [7, 11) is 0. The fourth-order valence-electron chi connectivity index (χ4n) is 1.16. The van der Waals surface area contributed by atoms with Crippen LogP contribution in [0.3, 0.4) is 0 Å². The molecular weight excluding hydrogens is 164 g/mol. The van der Waals surface area contributed by atoms with Crippen molar-refractivity contribution < 1.29 is 9.84 Å². The van der Waals surface area contributed by atoms with Crippen LogP contribution in [0.5, 0.6) is 5.75 Å². The lowest BCUT2D eigenvalue weighted by Crippen LogP contribution is -1.99. The van der Waals surface area contributed by atoms with E-state index in [4.69, 9.17) is 16.3 Å². The molecule has 0 amide bonds. The van der Waals surface area contributed by atoms with Gasteiger partial charge in [-0.1, -0.05) is 24.1 Å².